The average Bonchev–Trinajstić information content (AvgIpc) is 3.04. The molecule has 4 fully saturated rings. The second-order valence-electron chi connectivity index (χ2n) is 7.24. The monoisotopic (exact) mass is 314 g/mol. The standard InChI is InChI=1S/C16H26O6/c1-5-21-15-6-8-9-10(14(15)16(8,19-3)20-4)13(22-15)12(18)7(2)11(9)17/h7-14,17-18H,5-6H2,1-4H3/t7-,8-,9+,10-,11-,12-,13-,14-,15-/m1/s1. The van der Waals surface area contributed by atoms with Crippen molar-refractivity contribution in [2.45, 2.75) is 50.2 Å². The van der Waals surface area contributed by atoms with Gasteiger partial charge in [-0.3, -0.25) is 0 Å². The van der Waals surface area contributed by atoms with E-state index < -0.39 is 23.8 Å². The van der Waals surface area contributed by atoms with Crippen LogP contribution < -0.4 is 0 Å². The number of fused-ring (bicyclic) bond motifs is 2. The first-order chi connectivity index (χ1) is 10.5. The minimum atomic E-state index is -0.802. The molecule has 3 aliphatic carbocycles. The molecule has 3 saturated carbocycles. The fourth-order valence-corrected chi connectivity index (χ4v) is 6.09. The van der Waals surface area contributed by atoms with Crippen molar-refractivity contribution in [2.75, 3.05) is 20.8 Å². The van der Waals surface area contributed by atoms with Crippen LogP contribution in [-0.4, -0.2) is 60.9 Å². The third kappa shape index (κ3) is 1.43. The maximum Gasteiger partial charge on any atom is 0.179 e. The number of rotatable bonds is 4. The van der Waals surface area contributed by atoms with E-state index >= 15 is 0 Å². The molecule has 22 heavy (non-hydrogen) atoms. The topological polar surface area (TPSA) is 77.4 Å². The van der Waals surface area contributed by atoms with Crippen LogP contribution in [0.15, 0.2) is 0 Å². The van der Waals surface area contributed by atoms with Crippen LogP contribution in [0, 0.1) is 29.6 Å². The lowest BCUT2D eigenvalue weighted by molar-refractivity contribution is -0.287. The Morgan fingerprint density at radius 2 is 1.82 bits per heavy atom. The molecule has 2 N–H and O–H groups in total. The van der Waals surface area contributed by atoms with Gasteiger partial charge < -0.3 is 29.2 Å². The van der Waals surface area contributed by atoms with Crippen LogP contribution in [0.3, 0.4) is 0 Å². The van der Waals surface area contributed by atoms with Crippen LogP contribution in [-0.2, 0) is 18.9 Å². The van der Waals surface area contributed by atoms with Crippen molar-refractivity contribution in [1.82, 2.24) is 0 Å². The fraction of sp³-hybridized carbons (Fsp3) is 1.00. The Kier molecular flexibility index (Phi) is 3.23. The van der Waals surface area contributed by atoms with Crippen LogP contribution in [0.1, 0.15) is 20.3 Å². The molecule has 0 aromatic carbocycles. The molecule has 4 rings (SSSR count). The maximum absolute atomic E-state index is 10.7. The van der Waals surface area contributed by atoms with Gasteiger partial charge in [-0.25, -0.2) is 0 Å². The molecule has 1 saturated heterocycles. The molecule has 0 unspecified atom stereocenters. The van der Waals surface area contributed by atoms with Crippen LogP contribution in [0.5, 0.6) is 0 Å². The lowest BCUT2D eigenvalue weighted by Gasteiger charge is -2.43. The van der Waals surface area contributed by atoms with Crippen LogP contribution in [0.25, 0.3) is 0 Å². The summed E-state index contributed by atoms with van der Waals surface area (Å²) in [5.41, 5.74) is 0. The molecule has 0 radical (unpaired) electrons. The first kappa shape index (κ1) is 15.3. The summed E-state index contributed by atoms with van der Waals surface area (Å²) >= 11 is 0. The van der Waals surface area contributed by atoms with Gasteiger partial charge in [0, 0.05) is 45.0 Å². The molecule has 2 bridgehead atoms. The molecule has 1 aliphatic heterocycles. The Labute approximate surface area is 130 Å². The van der Waals surface area contributed by atoms with Crippen molar-refractivity contribution in [3.8, 4) is 0 Å². The van der Waals surface area contributed by atoms with Crippen LogP contribution in [0.2, 0.25) is 0 Å². The molecule has 1 heterocycles. The summed E-state index contributed by atoms with van der Waals surface area (Å²) in [6.45, 7) is 4.36. The quantitative estimate of drug-likeness (QED) is 0.730. The van der Waals surface area contributed by atoms with E-state index in [4.69, 9.17) is 18.9 Å². The van der Waals surface area contributed by atoms with Crippen LogP contribution >= 0.6 is 0 Å². The van der Waals surface area contributed by atoms with E-state index in [-0.39, 0.29) is 35.7 Å². The highest BCUT2D eigenvalue weighted by Crippen LogP contribution is 2.73. The number of hydrogen-bond donors (Lipinski definition) is 2. The molecule has 126 valence electrons. The predicted octanol–water partition coefficient (Wildman–Crippen LogP) is 0.361. The highest BCUT2D eigenvalue weighted by Gasteiger charge is 2.83. The van der Waals surface area contributed by atoms with Crippen LogP contribution in [0.4, 0.5) is 0 Å². The van der Waals surface area contributed by atoms with Crippen molar-refractivity contribution < 1.29 is 29.2 Å². The van der Waals surface area contributed by atoms with Crippen molar-refractivity contribution in [2.24, 2.45) is 29.6 Å². The Hall–Kier alpha value is -0.240. The number of methoxy groups -OCH3 is 2. The summed E-state index contributed by atoms with van der Waals surface area (Å²) in [4.78, 5) is 0. The number of ether oxygens (including phenoxy) is 4. The second-order valence-corrected chi connectivity index (χ2v) is 7.24. The SMILES string of the molecule is CCO[C@]12C[C@@H]3[C@@H]4[C@H](O)[C@@H](C)[C@@H](O)[C@H](O1)[C@@H]4[C@H]2C3(OC)OC. The Balaban J connectivity index is 1.85. The number of aliphatic hydroxyl groups excluding tert-OH is 2. The Morgan fingerprint density at radius 1 is 1.14 bits per heavy atom. The highest BCUT2D eigenvalue weighted by molar-refractivity contribution is 5.24. The molecular formula is C16H26O6. The lowest BCUT2D eigenvalue weighted by atomic mass is 9.64. The van der Waals surface area contributed by atoms with E-state index in [1.807, 2.05) is 13.8 Å². The summed E-state index contributed by atoms with van der Waals surface area (Å²) in [6.07, 6.45) is -0.944. The zero-order valence-corrected chi connectivity index (χ0v) is 13.6. The lowest BCUT2D eigenvalue weighted by Crippen LogP contribution is -2.53. The second kappa shape index (κ2) is 4.65. The summed E-state index contributed by atoms with van der Waals surface area (Å²) in [5, 5.41) is 21.3. The van der Waals surface area contributed by atoms with E-state index in [1.54, 1.807) is 14.2 Å². The van der Waals surface area contributed by atoms with Gasteiger partial charge in [0.2, 0.25) is 0 Å². The van der Waals surface area contributed by atoms with E-state index in [0.717, 1.165) is 0 Å². The van der Waals surface area contributed by atoms with E-state index in [9.17, 15) is 10.2 Å². The molecule has 6 nitrogen and oxygen atoms in total. The summed E-state index contributed by atoms with van der Waals surface area (Å²) in [5.74, 6) is -1.87. The number of hydrogen-bond acceptors (Lipinski definition) is 6. The zero-order valence-electron chi connectivity index (χ0n) is 13.6. The van der Waals surface area contributed by atoms with E-state index in [0.29, 0.717) is 13.0 Å². The van der Waals surface area contributed by atoms with Gasteiger partial charge in [0.1, 0.15) is 0 Å². The summed E-state index contributed by atoms with van der Waals surface area (Å²) in [6, 6.07) is 0. The van der Waals surface area contributed by atoms with Crippen molar-refractivity contribution >= 4 is 0 Å². The molecule has 0 aromatic heterocycles. The first-order valence-electron chi connectivity index (χ1n) is 8.25. The van der Waals surface area contributed by atoms with Crippen molar-refractivity contribution in [1.29, 1.82) is 0 Å². The first-order valence-corrected chi connectivity index (χ1v) is 8.25. The van der Waals surface area contributed by atoms with Gasteiger partial charge in [-0.15, -0.1) is 0 Å². The predicted molar refractivity (Wildman–Crippen MR) is 75.7 cm³/mol. The fourth-order valence-electron chi connectivity index (χ4n) is 6.09. The number of aliphatic hydroxyl groups is 2. The van der Waals surface area contributed by atoms with E-state index in [2.05, 4.69) is 0 Å². The molecule has 6 heteroatoms. The third-order valence-electron chi connectivity index (χ3n) is 6.77. The van der Waals surface area contributed by atoms with Crippen molar-refractivity contribution in [3.63, 3.8) is 0 Å². The van der Waals surface area contributed by atoms with Gasteiger partial charge in [0.15, 0.2) is 11.6 Å². The molecule has 0 aromatic rings. The largest absolute Gasteiger partial charge is 0.392 e. The zero-order chi connectivity index (χ0) is 15.9. The third-order valence-corrected chi connectivity index (χ3v) is 6.77. The van der Waals surface area contributed by atoms with Crippen molar-refractivity contribution in [3.05, 3.63) is 0 Å². The average molecular weight is 314 g/mol. The Morgan fingerprint density at radius 3 is 2.41 bits per heavy atom. The van der Waals surface area contributed by atoms with Gasteiger partial charge >= 0.3 is 0 Å². The van der Waals surface area contributed by atoms with Gasteiger partial charge in [-0.2, -0.15) is 0 Å². The summed E-state index contributed by atoms with van der Waals surface area (Å²) < 4.78 is 24.0. The van der Waals surface area contributed by atoms with Gasteiger partial charge in [-0.1, -0.05) is 6.92 Å². The molecule has 0 amide bonds. The summed E-state index contributed by atoms with van der Waals surface area (Å²) in [7, 11) is 3.30. The normalized spacial score (nSPS) is 57.5. The highest BCUT2D eigenvalue weighted by atomic mass is 16.7. The van der Waals surface area contributed by atoms with E-state index in [1.165, 1.54) is 0 Å². The molecule has 4 aliphatic rings. The minimum Gasteiger partial charge on any atom is -0.392 e. The maximum atomic E-state index is 10.7. The van der Waals surface area contributed by atoms with Gasteiger partial charge in [0.25, 0.3) is 0 Å². The molecule has 9 atom stereocenters. The van der Waals surface area contributed by atoms with Gasteiger partial charge in [0.05, 0.1) is 24.2 Å². The Bertz CT molecular complexity index is 466. The molecule has 0 spiro atoms. The van der Waals surface area contributed by atoms with Gasteiger partial charge in [-0.05, 0) is 12.8 Å². The minimum absolute atomic E-state index is 0.00593. The smallest absolute Gasteiger partial charge is 0.179 e. The molecular weight excluding hydrogens is 288 g/mol.